The molecule has 0 saturated carbocycles. The summed E-state index contributed by atoms with van der Waals surface area (Å²) in [7, 11) is 0. The Balaban J connectivity index is 1.27. The van der Waals surface area contributed by atoms with Crippen LogP contribution in [0.25, 0.3) is 11.0 Å². The fourth-order valence-corrected chi connectivity index (χ4v) is 3.98. The van der Waals surface area contributed by atoms with E-state index in [1.807, 2.05) is 29.2 Å². The van der Waals surface area contributed by atoms with Crippen LogP contribution in [0.15, 0.2) is 42.5 Å². The molecule has 0 radical (unpaired) electrons. The van der Waals surface area contributed by atoms with Gasteiger partial charge in [0.15, 0.2) is 0 Å². The summed E-state index contributed by atoms with van der Waals surface area (Å²) < 4.78 is 13.4. The first-order valence-electron chi connectivity index (χ1n) is 9.76. The van der Waals surface area contributed by atoms with E-state index in [0.717, 1.165) is 60.7 Å². The highest BCUT2D eigenvalue weighted by molar-refractivity contribution is 6.30. The van der Waals surface area contributed by atoms with E-state index in [1.165, 1.54) is 17.7 Å². The van der Waals surface area contributed by atoms with Crippen molar-refractivity contribution in [2.24, 2.45) is 0 Å². The molecule has 0 atom stereocenters. The SMILES string of the molecule is O=C(CCCc1ccc(Cl)cc1)N1CCC(c2nc3ccc(F)cc3[nH]2)CC1. The summed E-state index contributed by atoms with van der Waals surface area (Å²) >= 11 is 5.90. The summed E-state index contributed by atoms with van der Waals surface area (Å²) in [5.74, 6) is 1.14. The lowest BCUT2D eigenvalue weighted by Gasteiger charge is -2.31. The molecule has 28 heavy (non-hydrogen) atoms. The summed E-state index contributed by atoms with van der Waals surface area (Å²) in [6, 6.07) is 12.4. The van der Waals surface area contributed by atoms with Gasteiger partial charge in [0.1, 0.15) is 11.6 Å². The van der Waals surface area contributed by atoms with Crippen molar-refractivity contribution in [1.82, 2.24) is 14.9 Å². The van der Waals surface area contributed by atoms with Crippen LogP contribution in [-0.4, -0.2) is 33.9 Å². The number of aryl methyl sites for hydroxylation is 1. The van der Waals surface area contributed by atoms with Gasteiger partial charge in [0, 0.05) is 30.5 Å². The van der Waals surface area contributed by atoms with Crippen LogP contribution in [0.2, 0.25) is 5.02 Å². The zero-order valence-corrected chi connectivity index (χ0v) is 16.4. The van der Waals surface area contributed by atoms with E-state index in [4.69, 9.17) is 11.6 Å². The molecule has 146 valence electrons. The standard InChI is InChI=1S/C22H23ClFN3O/c23-17-6-4-15(5-7-17)2-1-3-21(28)27-12-10-16(11-13-27)22-25-19-9-8-18(24)14-20(19)26-22/h4-9,14,16H,1-3,10-13H2,(H,25,26). The van der Waals surface area contributed by atoms with E-state index in [9.17, 15) is 9.18 Å². The molecule has 2 aromatic carbocycles. The van der Waals surface area contributed by atoms with Gasteiger partial charge in [0.05, 0.1) is 11.0 Å². The molecule has 1 fully saturated rings. The minimum Gasteiger partial charge on any atom is -0.343 e. The molecular weight excluding hydrogens is 377 g/mol. The van der Waals surface area contributed by atoms with Gasteiger partial charge < -0.3 is 9.88 Å². The van der Waals surface area contributed by atoms with E-state index in [-0.39, 0.29) is 17.6 Å². The van der Waals surface area contributed by atoms with Crippen LogP contribution in [0.5, 0.6) is 0 Å². The number of H-pyrrole nitrogens is 1. The highest BCUT2D eigenvalue weighted by atomic mass is 35.5. The monoisotopic (exact) mass is 399 g/mol. The molecule has 1 aliphatic rings. The van der Waals surface area contributed by atoms with Crippen LogP contribution < -0.4 is 0 Å². The lowest BCUT2D eigenvalue weighted by atomic mass is 9.95. The van der Waals surface area contributed by atoms with Crippen LogP contribution in [0.4, 0.5) is 4.39 Å². The van der Waals surface area contributed by atoms with Gasteiger partial charge in [-0.2, -0.15) is 0 Å². The number of imidazole rings is 1. The van der Waals surface area contributed by atoms with E-state index in [0.29, 0.717) is 6.42 Å². The van der Waals surface area contributed by atoms with E-state index >= 15 is 0 Å². The number of nitrogens with one attached hydrogen (secondary N) is 1. The Bertz CT molecular complexity index is 962. The number of nitrogens with zero attached hydrogens (tertiary/aromatic N) is 2. The Morgan fingerprint density at radius 1 is 1.18 bits per heavy atom. The van der Waals surface area contributed by atoms with Crippen molar-refractivity contribution in [2.75, 3.05) is 13.1 Å². The maximum atomic E-state index is 13.4. The molecule has 4 nitrogen and oxygen atoms in total. The smallest absolute Gasteiger partial charge is 0.222 e. The quantitative estimate of drug-likeness (QED) is 0.650. The number of aromatic nitrogens is 2. The molecular formula is C22H23ClFN3O. The van der Waals surface area contributed by atoms with E-state index in [1.54, 1.807) is 6.07 Å². The average Bonchev–Trinajstić information content (AvgIpc) is 3.12. The van der Waals surface area contributed by atoms with Gasteiger partial charge in [0.2, 0.25) is 5.91 Å². The molecule has 2 heterocycles. The van der Waals surface area contributed by atoms with Crippen molar-refractivity contribution >= 4 is 28.5 Å². The van der Waals surface area contributed by atoms with Crippen LogP contribution in [0.1, 0.15) is 43.0 Å². The molecule has 3 aromatic rings. The third-order valence-corrected chi connectivity index (χ3v) is 5.72. The summed E-state index contributed by atoms with van der Waals surface area (Å²) in [4.78, 5) is 22.3. The number of hydrogen-bond donors (Lipinski definition) is 1. The number of piperidine rings is 1. The van der Waals surface area contributed by atoms with Gasteiger partial charge in [-0.25, -0.2) is 9.37 Å². The molecule has 1 saturated heterocycles. The van der Waals surface area contributed by atoms with Crippen LogP contribution >= 0.6 is 11.6 Å². The predicted octanol–water partition coefficient (Wildman–Crippen LogP) is 5.08. The third kappa shape index (κ3) is 4.36. The van der Waals surface area contributed by atoms with Crippen molar-refractivity contribution in [3.63, 3.8) is 0 Å². The Labute approximate surface area is 168 Å². The first kappa shape index (κ1) is 18.9. The number of fused-ring (bicyclic) bond motifs is 1. The lowest BCUT2D eigenvalue weighted by Crippen LogP contribution is -2.38. The molecule has 1 aliphatic heterocycles. The van der Waals surface area contributed by atoms with Gasteiger partial charge >= 0.3 is 0 Å². The minimum atomic E-state index is -0.262. The Kier molecular flexibility index (Phi) is 5.62. The van der Waals surface area contributed by atoms with Gasteiger partial charge in [0.25, 0.3) is 0 Å². The zero-order valence-electron chi connectivity index (χ0n) is 15.6. The number of halogens is 2. The number of hydrogen-bond acceptors (Lipinski definition) is 2. The van der Waals surface area contributed by atoms with Crippen LogP contribution in [0.3, 0.4) is 0 Å². The molecule has 0 spiro atoms. The molecule has 1 amide bonds. The number of carbonyl (C=O) groups excluding carboxylic acids is 1. The van der Waals surface area contributed by atoms with Gasteiger partial charge in [-0.15, -0.1) is 0 Å². The predicted molar refractivity (Wildman–Crippen MR) is 109 cm³/mol. The number of carbonyl (C=O) groups is 1. The third-order valence-electron chi connectivity index (χ3n) is 5.47. The first-order chi connectivity index (χ1) is 13.6. The maximum Gasteiger partial charge on any atom is 0.222 e. The second-order valence-corrected chi connectivity index (χ2v) is 7.86. The van der Waals surface area contributed by atoms with Gasteiger partial charge in [-0.1, -0.05) is 23.7 Å². The Morgan fingerprint density at radius 2 is 1.93 bits per heavy atom. The van der Waals surface area contributed by atoms with Gasteiger partial charge in [-0.05, 0) is 61.6 Å². The molecule has 1 aromatic heterocycles. The number of benzene rings is 2. The Hall–Kier alpha value is -2.40. The van der Waals surface area contributed by atoms with Crippen molar-refractivity contribution < 1.29 is 9.18 Å². The minimum absolute atomic E-state index is 0.221. The summed E-state index contributed by atoms with van der Waals surface area (Å²) in [5.41, 5.74) is 2.73. The fraction of sp³-hybridized carbons (Fsp3) is 0.364. The Morgan fingerprint density at radius 3 is 2.68 bits per heavy atom. The molecule has 0 unspecified atom stereocenters. The van der Waals surface area contributed by atoms with Crippen molar-refractivity contribution in [3.05, 3.63) is 64.7 Å². The van der Waals surface area contributed by atoms with Crippen LogP contribution in [-0.2, 0) is 11.2 Å². The summed E-state index contributed by atoms with van der Waals surface area (Å²) in [6.45, 7) is 1.49. The molecule has 6 heteroatoms. The fourth-order valence-electron chi connectivity index (χ4n) is 3.85. The second-order valence-electron chi connectivity index (χ2n) is 7.42. The molecule has 1 N–H and O–H groups in total. The van der Waals surface area contributed by atoms with E-state index < -0.39 is 0 Å². The molecule has 4 rings (SSSR count). The maximum absolute atomic E-state index is 13.4. The normalized spacial score (nSPS) is 15.3. The van der Waals surface area contributed by atoms with Crippen molar-refractivity contribution in [3.8, 4) is 0 Å². The molecule has 0 bridgehead atoms. The zero-order chi connectivity index (χ0) is 19.5. The largest absolute Gasteiger partial charge is 0.343 e. The second kappa shape index (κ2) is 8.31. The van der Waals surface area contributed by atoms with E-state index in [2.05, 4.69) is 9.97 Å². The van der Waals surface area contributed by atoms with Crippen molar-refractivity contribution in [2.45, 2.75) is 38.0 Å². The number of likely N-dealkylation sites (tertiary alicyclic amines) is 1. The number of rotatable bonds is 5. The number of aromatic amines is 1. The number of amides is 1. The highest BCUT2D eigenvalue weighted by Gasteiger charge is 2.25. The molecule has 0 aliphatic carbocycles. The van der Waals surface area contributed by atoms with Crippen molar-refractivity contribution in [1.29, 1.82) is 0 Å². The summed E-state index contributed by atoms with van der Waals surface area (Å²) in [6.07, 6.45) is 4.05. The highest BCUT2D eigenvalue weighted by Crippen LogP contribution is 2.28. The van der Waals surface area contributed by atoms with Crippen LogP contribution in [0, 0.1) is 5.82 Å². The summed E-state index contributed by atoms with van der Waals surface area (Å²) in [5, 5.41) is 0.734. The van der Waals surface area contributed by atoms with Gasteiger partial charge in [-0.3, -0.25) is 4.79 Å². The average molecular weight is 400 g/mol. The first-order valence-corrected chi connectivity index (χ1v) is 10.1. The topological polar surface area (TPSA) is 49.0 Å². The lowest BCUT2D eigenvalue weighted by molar-refractivity contribution is -0.132.